The zero-order chi connectivity index (χ0) is 24.9. The Morgan fingerprint density at radius 3 is 2.47 bits per heavy atom. The van der Waals surface area contributed by atoms with E-state index in [1.807, 2.05) is 32.0 Å². The van der Waals surface area contributed by atoms with Crippen LogP contribution in [0.15, 0.2) is 53.6 Å². The molecule has 0 bridgehead atoms. The van der Waals surface area contributed by atoms with E-state index in [9.17, 15) is 18.0 Å². The predicted molar refractivity (Wildman–Crippen MR) is 127 cm³/mol. The van der Waals surface area contributed by atoms with E-state index in [1.165, 1.54) is 28.6 Å². The molecule has 0 aliphatic rings. The van der Waals surface area contributed by atoms with Crippen molar-refractivity contribution in [2.24, 2.45) is 5.92 Å². The number of hydrogen-bond acceptors (Lipinski definition) is 6. The first kappa shape index (κ1) is 25.3. The molecule has 2 heterocycles. The quantitative estimate of drug-likeness (QED) is 0.450. The molecule has 0 radical (unpaired) electrons. The SMILES string of the molecule is CCN(CC)S(=O)(=O)c1cccc(C(=O)N[C@H](C(=O)NCc2nnc3ccccn23)C(C)C)c1. The third kappa shape index (κ3) is 5.42. The molecule has 1 atom stereocenters. The van der Waals surface area contributed by atoms with Gasteiger partial charge in [-0.15, -0.1) is 10.2 Å². The molecule has 2 amide bonds. The van der Waals surface area contributed by atoms with Gasteiger partial charge in [-0.1, -0.05) is 39.8 Å². The van der Waals surface area contributed by atoms with Crippen molar-refractivity contribution in [2.45, 2.75) is 45.2 Å². The maximum atomic E-state index is 12.9. The molecule has 3 rings (SSSR count). The summed E-state index contributed by atoms with van der Waals surface area (Å²) in [6.07, 6.45) is 1.80. The molecule has 34 heavy (non-hydrogen) atoms. The maximum absolute atomic E-state index is 12.9. The number of benzene rings is 1. The minimum atomic E-state index is -3.71. The summed E-state index contributed by atoms with van der Waals surface area (Å²) in [6.45, 7) is 7.94. The summed E-state index contributed by atoms with van der Waals surface area (Å²) >= 11 is 0. The Bertz CT molecular complexity index is 1270. The third-order valence-corrected chi connectivity index (χ3v) is 7.53. The Hall–Kier alpha value is -3.31. The van der Waals surface area contributed by atoms with Crippen LogP contribution in [0.1, 0.15) is 43.9 Å². The van der Waals surface area contributed by atoms with E-state index in [-0.39, 0.29) is 28.8 Å². The largest absolute Gasteiger partial charge is 0.347 e. The number of hydrogen-bond donors (Lipinski definition) is 2. The molecule has 0 unspecified atom stereocenters. The summed E-state index contributed by atoms with van der Waals surface area (Å²) < 4.78 is 28.7. The van der Waals surface area contributed by atoms with Gasteiger partial charge in [0, 0.05) is 24.8 Å². The van der Waals surface area contributed by atoms with Crippen LogP contribution in [-0.4, -0.2) is 58.3 Å². The van der Waals surface area contributed by atoms with Gasteiger partial charge in [-0.3, -0.25) is 14.0 Å². The molecular weight excluding hydrogens is 456 g/mol. The maximum Gasteiger partial charge on any atom is 0.251 e. The summed E-state index contributed by atoms with van der Waals surface area (Å²) in [4.78, 5) is 25.9. The molecule has 2 aromatic heterocycles. The molecule has 10 nitrogen and oxygen atoms in total. The monoisotopic (exact) mass is 486 g/mol. The van der Waals surface area contributed by atoms with Gasteiger partial charge in [0.15, 0.2) is 11.5 Å². The number of sulfonamides is 1. The highest BCUT2D eigenvalue weighted by molar-refractivity contribution is 7.89. The fourth-order valence-corrected chi connectivity index (χ4v) is 5.06. The van der Waals surface area contributed by atoms with Crippen LogP contribution in [0, 0.1) is 5.92 Å². The van der Waals surface area contributed by atoms with Crippen LogP contribution < -0.4 is 10.6 Å². The first-order valence-electron chi connectivity index (χ1n) is 11.2. The van der Waals surface area contributed by atoms with Crippen LogP contribution in [0.3, 0.4) is 0 Å². The summed E-state index contributed by atoms with van der Waals surface area (Å²) in [7, 11) is -3.71. The van der Waals surface area contributed by atoms with Gasteiger partial charge in [0.1, 0.15) is 6.04 Å². The molecule has 0 saturated carbocycles. The van der Waals surface area contributed by atoms with Gasteiger partial charge in [0.25, 0.3) is 5.91 Å². The predicted octanol–water partition coefficient (Wildman–Crippen LogP) is 1.83. The second kappa shape index (κ2) is 10.7. The van der Waals surface area contributed by atoms with Crippen LogP contribution in [0.25, 0.3) is 5.65 Å². The number of nitrogens with zero attached hydrogens (tertiary/aromatic N) is 4. The number of rotatable bonds is 10. The molecule has 0 aliphatic carbocycles. The van der Waals surface area contributed by atoms with Gasteiger partial charge in [-0.25, -0.2) is 8.42 Å². The van der Waals surface area contributed by atoms with Gasteiger partial charge in [-0.05, 0) is 36.2 Å². The molecule has 0 fully saturated rings. The number of carbonyl (C=O) groups is 2. The molecular formula is C23H30N6O4S. The van der Waals surface area contributed by atoms with Crippen LogP contribution >= 0.6 is 0 Å². The van der Waals surface area contributed by atoms with Crippen LogP contribution in [0.4, 0.5) is 0 Å². The lowest BCUT2D eigenvalue weighted by Gasteiger charge is -2.22. The molecule has 11 heteroatoms. The summed E-state index contributed by atoms with van der Waals surface area (Å²) in [5, 5.41) is 13.7. The Kier molecular flexibility index (Phi) is 8.00. The minimum absolute atomic E-state index is 0.0353. The molecule has 1 aromatic carbocycles. The lowest BCUT2D eigenvalue weighted by Crippen LogP contribution is -2.49. The normalized spacial score (nSPS) is 12.8. The average molecular weight is 487 g/mol. The number of nitrogens with one attached hydrogen (secondary N) is 2. The highest BCUT2D eigenvalue weighted by Crippen LogP contribution is 2.17. The van der Waals surface area contributed by atoms with Crippen molar-refractivity contribution in [3.8, 4) is 0 Å². The second-order valence-corrected chi connectivity index (χ2v) is 10.0. The number of amides is 2. The number of fused-ring (bicyclic) bond motifs is 1. The Balaban J connectivity index is 1.73. The smallest absolute Gasteiger partial charge is 0.251 e. The van der Waals surface area contributed by atoms with Gasteiger partial charge in [-0.2, -0.15) is 4.31 Å². The van der Waals surface area contributed by atoms with Crippen LogP contribution in [-0.2, 0) is 21.4 Å². The molecule has 0 saturated heterocycles. The molecule has 0 aliphatic heterocycles. The van der Waals surface area contributed by atoms with E-state index in [2.05, 4.69) is 20.8 Å². The third-order valence-electron chi connectivity index (χ3n) is 5.48. The molecule has 3 aromatic rings. The van der Waals surface area contributed by atoms with Crippen molar-refractivity contribution in [1.82, 2.24) is 29.5 Å². The second-order valence-electron chi connectivity index (χ2n) is 8.08. The van der Waals surface area contributed by atoms with Crippen molar-refractivity contribution in [1.29, 1.82) is 0 Å². The zero-order valence-corrected chi connectivity index (χ0v) is 20.5. The zero-order valence-electron chi connectivity index (χ0n) is 19.7. The van der Waals surface area contributed by atoms with Crippen molar-refractivity contribution < 1.29 is 18.0 Å². The Morgan fingerprint density at radius 1 is 1.06 bits per heavy atom. The first-order valence-corrected chi connectivity index (χ1v) is 12.6. The molecule has 2 N–H and O–H groups in total. The van der Waals surface area contributed by atoms with Gasteiger partial charge < -0.3 is 10.6 Å². The first-order chi connectivity index (χ1) is 16.2. The average Bonchev–Trinajstić information content (AvgIpc) is 3.24. The lowest BCUT2D eigenvalue weighted by atomic mass is 10.0. The van der Waals surface area contributed by atoms with Crippen LogP contribution in [0.5, 0.6) is 0 Å². The van der Waals surface area contributed by atoms with Crippen molar-refractivity contribution in [3.05, 3.63) is 60.0 Å². The number of pyridine rings is 1. The lowest BCUT2D eigenvalue weighted by molar-refractivity contribution is -0.124. The van der Waals surface area contributed by atoms with Crippen LogP contribution in [0.2, 0.25) is 0 Å². The fraction of sp³-hybridized carbons (Fsp3) is 0.391. The summed E-state index contributed by atoms with van der Waals surface area (Å²) in [6, 6.07) is 10.5. The highest BCUT2D eigenvalue weighted by atomic mass is 32.2. The summed E-state index contributed by atoms with van der Waals surface area (Å²) in [5.41, 5.74) is 0.829. The van der Waals surface area contributed by atoms with Gasteiger partial charge in [0.05, 0.1) is 11.4 Å². The van der Waals surface area contributed by atoms with E-state index >= 15 is 0 Å². The van der Waals surface area contributed by atoms with E-state index in [1.54, 1.807) is 24.4 Å². The summed E-state index contributed by atoms with van der Waals surface area (Å²) in [5.74, 6) is -0.546. The number of aromatic nitrogens is 3. The minimum Gasteiger partial charge on any atom is -0.347 e. The molecule has 182 valence electrons. The molecule has 0 spiro atoms. The fourth-order valence-electron chi connectivity index (χ4n) is 3.56. The van der Waals surface area contributed by atoms with E-state index in [0.29, 0.717) is 24.6 Å². The topological polar surface area (TPSA) is 126 Å². The van der Waals surface area contributed by atoms with E-state index < -0.39 is 22.0 Å². The van der Waals surface area contributed by atoms with E-state index in [0.717, 1.165) is 0 Å². The van der Waals surface area contributed by atoms with E-state index in [4.69, 9.17) is 0 Å². The van der Waals surface area contributed by atoms with Crippen molar-refractivity contribution >= 4 is 27.5 Å². The highest BCUT2D eigenvalue weighted by Gasteiger charge is 2.26. The van der Waals surface area contributed by atoms with Crippen molar-refractivity contribution in [2.75, 3.05) is 13.1 Å². The Morgan fingerprint density at radius 2 is 1.79 bits per heavy atom. The van der Waals surface area contributed by atoms with Crippen molar-refractivity contribution in [3.63, 3.8) is 0 Å². The number of carbonyl (C=O) groups excluding carboxylic acids is 2. The standard InChI is InChI=1S/C23H30N6O4S/c1-5-28(6-2)34(32,33)18-11-9-10-17(14-18)22(30)25-21(16(3)4)23(31)24-15-20-27-26-19-12-7-8-13-29(19)20/h7-14,16,21H,5-6,15H2,1-4H3,(H,24,31)(H,25,30)/t21-/m0/s1. The van der Waals surface area contributed by atoms with Gasteiger partial charge >= 0.3 is 0 Å². The Labute approximate surface area is 199 Å². The van der Waals surface area contributed by atoms with Gasteiger partial charge in [0.2, 0.25) is 15.9 Å².